The van der Waals surface area contributed by atoms with Crippen LogP contribution in [0.4, 0.5) is 5.69 Å². The molecule has 0 bridgehead atoms. The van der Waals surface area contributed by atoms with E-state index in [1.165, 1.54) is 19.2 Å². The number of carbonyl (C=O) groups excluding carboxylic acids is 2. The zero-order valence-corrected chi connectivity index (χ0v) is 16.0. The number of nitro benzene ring substituents is 1. The van der Waals surface area contributed by atoms with E-state index in [1.807, 2.05) is 44.2 Å². The number of esters is 1. The number of methoxy groups -OCH3 is 1. The van der Waals surface area contributed by atoms with E-state index >= 15 is 0 Å². The average molecular weight is 386 g/mol. The molecule has 0 saturated carbocycles. The second-order valence-corrected chi connectivity index (χ2v) is 6.32. The lowest BCUT2D eigenvalue weighted by molar-refractivity contribution is -0.385. The Labute approximate surface area is 162 Å². The van der Waals surface area contributed by atoms with Crippen LogP contribution in [0, 0.1) is 10.1 Å². The summed E-state index contributed by atoms with van der Waals surface area (Å²) in [5, 5.41) is 11.3. The van der Waals surface area contributed by atoms with Gasteiger partial charge >= 0.3 is 11.7 Å². The van der Waals surface area contributed by atoms with Gasteiger partial charge in [0.15, 0.2) is 12.4 Å². The van der Waals surface area contributed by atoms with E-state index in [9.17, 15) is 19.7 Å². The number of benzene rings is 2. The third-order valence-electron chi connectivity index (χ3n) is 4.07. The molecule has 2 rings (SSSR count). The van der Waals surface area contributed by atoms with Crippen molar-refractivity contribution in [3.05, 3.63) is 69.8 Å². The number of carbonyl (C=O) groups is 2. The SMILES string of the molecule is COC(=O)c1ccc(OCC(=O)N(Cc2ccccc2)C(C)C)c([N+](=O)[O-])c1. The lowest BCUT2D eigenvalue weighted by Crippen LogP contribution is -2.39. The Bertz CT molecular complexity index is 851. The molecule has 8 nitrogen and oxygen atoms in total. The number of nitrogens with zero attached hydrogens (tertiary/aromatic N) is 2. The number of ether oxygens (including phenoxy) is 2. The van der Waals surface area contributed by atoms with Gasteiger partial charge in [-0.1, -0.05) is 30.3 Å². The average Bonchev–Trinajstić information content (AvgIpc) is 2.69. The monoisotopic (exact) mass is 386 g/mol. The van der Waals surface area contributed by atoms with Crippen LogP contribution in [0.25, 0.3) is 0 Å². The van der Waals surface area contributed by atoms with Crippen LogP contribution in [0.1, 0.15) is 29.8 Å². The normalized spacial score (nSPS) is 10.4. The van der Waals surface area contributed by atoms with Gasteiger partial charge in [0.05, 0.1) is 17.6 Å². The highest BCUT2D eigenvalue weighted by Crippen LogP contribution is 2.28. The maximum Gasteiger partial charge on any atom is 0.338 e. The minimum Gasteiger partial charge on any atom is -0.477 e. The van der Waals surface area contributed by atoms with Crippen LogP contribution >= 0.6 is 0 Å². The summed E-state index contributed by atoms with van der Waals surface area (Å²) in [6.45, 7) is 3.82. The Morgan fingerprint density at radius 3 is 2.39 bits per heavy atom. The van der Waals surface area contributed by atoms with E-state index in [-0.39, 0.29) is 29.9 Å². The van der Waals surface area contributed by atoms with Crippen LogP contribution in [0.3, 0.4) is 0 Å². The third kappa shape index (κ3) is 5.29. The highest BCUT2D eigenvalue weighted by atomic mass is 16.6. The molecule has 2 aromatic carbocycles. The smallest absolute Gasteiger partial charge is 0.338 e. The Kier molecular flexibility index (Phi) is 7.08. The van der Waals surface area contributed by atoms with E-state index in [0.29, 0.717) is 6.54 Å². The third-order valence-corrected chi connectivity index (χ3v) is 4.07. The molecule has 1 amide bonds. The summed E-state index contributed by atoms with van der Waals surface area (Å²) in [6.07, 6.45) is 0. The van der Waals surface area contributed by atoms with Gasteiger partial charge in [0.1, 0.15) is 0 Å². The van der Waals surface area contributed by atoms with Crippen LogP contribution in [0.15, 0.2) is 48.5 Å². The van der Waals surface area contributed by atoms with Crippen molar-refractivity contribution in [1.82, 2.24) is 4.90 Å². The molecule has 0 spiro atoms. The molecule has 0 fully saturated rings. The lowest BCUT2D eigenvalue weighted by Gasteiger charge is -2.27. The number of rotatable bonds is 8. The molecule has 0 N–H and O–H groups in total. The minimum absolute atomic E-state index is 0.0285. The predicted octanol–water partition coefficient (Wildman–Crippen LogP) is 3.20. The molecule has 0 aliphatic carbocycles. The largest absolute Gasteiger partial charge is 0.477 e. The standard InChI is InChI=1S/C20H22N2O6/c1-14(2)21(12-15-7-5-4-6-8-15)19(23)13-28-18-10-9-16(20(24)27-3)11-17(18)22(25)26/h4-11,14H,12-13H2,1-3H3. The van der Waals surface area contributed by atoms with Gasteiger partial charge < -0.3 is 14.4 Å². The number of hydrogen-bond donors (Lipinski definition) is 0. The van der Waals surface area contributed by atoms with Gasteiger partial charge in [-0.05, 0) is 31.5 Å². The quantitative estimate of drug-likeness (QED) is 0.392. The van der Waals surface area contributed by atoms with Gasteiger partial charge in [0, 0.05) is 18.7 Å². The first-order chi connectivity index (χ1) is 13.3. The number of nitro groups is 1. The molecule has 2 aromatic rings. The van der Waals surface area contributed by atoms with Crippen LogP contribution in [-0.4, -0.2) is 41.5 Å². The van der Waals surface area contributed by atoms with Crippen molar-refractivity contribution in [2.45, 2.75) is 26.4 Å². The first-order valence-electron chi connectivity index (χ1n) is 8.66. The highest BCUT2D eigenvalue weighted by molar-refractivity contribution is 5.90. The molecule has 0 aliphatic rings. The van der Waals surface area contributed by atoms with Gasteiger partial charge in [-0.25, -0.2) is 4.79 Å². The van der Waals surface area contributed by atoms with Crippen LogP contribution in [0.2, 0.25) is 0 Å². The zero-order valence-electron chi connectivity index (χ0n) is 16.0. The fourth-order valence-corrected chi connectivity index (χ4v) is 2.59. The van der Waals surface area contributed by atoms with Crippen molar-refractivity contribution in [3.63, 3.8) is 0 Å². The molecule has 148 valence electrons. The number of hydrogen-bond acceptors (Lipinski definition) is 6. The molecular formula is C20H22N2O6. The summed E-state index contributed by atoms with van der Waals surface area (Å²) in [4.78, 5) is 36.4. The summed E-state index contributed by atoms with van der Waals surface area (Å²) >= 11 is 0. The maximum absolute atomic E-state index is 12.6. The summed E-state index contributed by atoms with van der Waals surface area (Å²) < 4.78 is 9.97. The van der Waals surface area contributed by atoms with Gasteiger partial charge in [-0.2, -0.15) is 0 Å². The summed E-state index contributed by atoms with van der Waals surface area (Å²) in [7, 11) is 1.19. The molecule has 0 saturated heterocycles. The molecule has 0 unspecified atom stereocenters. The van der Waals surface area contributed by atoms with Crippen LogP contribution < -0.4 is 4.74 Å². The first-order valence-corrected chi connectivity index (χ1v) is 8.66. The van der Waals surface area contributed by atoms with E-state index in [1.54, 1.807) is 4.90 Å². The summed E-state index contributed by atoms with van der Waals surface area (Å²) in [5.41, 5.74) is 0.591. The topological polar surface area (TPSA) is 99.0 Å². The van der Waals surface area contributed by atoms with E-state index in [2.05, 4.69) is 4.74 Å². The highest BCUT2D eigenvalue weighted by Gasteiger charge is 2.22. The molecule has 0 aliphatic heterocycles. The van der Waals surface area contributed by atoms with E-state index in [0.717, 1.165) is 11.6 Å². The number of amides is 1. The molecule has 28 heavy (non-hydrogen) atoms. The zero-order chi connectivity index (χ0) is 20.7. The summed E-state index contributed by atoms with van der Waals surface area (Å²) in [6, 6.07) is 13.1. The Morgan fingerprint density at radius 2 is 1.82 bits per heavy atom. The second kappa shape index (κ2) is 9.50. The Balaban J connectivity index is 2.13. The van der Waals surface area contributed by atoms with Crippen LogP contribution in [0.5, 0.6) is 5.75 Å². The lowest BCUT2D eigenvalue weighted by atomic mass is 10.2. The Morgan fingerprint density at radius 1 is 1.14 bits per heavy atom. The minimum atomic E-state index is -0.695. The van der Waals surface area contributed by atoms with Gasteiger partial charge in [-0.15, -0.1) is 0 Å². The maximum atomic E-state index is 12.6. The molecule has 0 heterocycles. The van der Waals surface area contributed by atoms with Crippen molar-refractivity contribution in [2.75, 3.05) is 13.7 Å². The summed E-state index contributed by atoms with van der Waals surface area (Å²) in [5.74, 6) is -1.08. The van der Waals surface area contributed by atoms with Crippen molar-refractivity contribution in [3.8, 4) is 5.75 Å². The van der Waals surface area contributed by atoms with Gasteiger partial charge in [0.25, 0.3) is 5.91 Å². The van der Waals surface area contributed by atoms with Gasteiger partial charge in [-0.3, -0.25) is 14.9 Å². The molecule has 0 aromatic heterocycles. The molecule has 0 radical (unpaired) electrons. The fraction of sp³-hybridized carbons (Fsp3) is 0.300. The fourth-order valence-electron chi connectivity index (χ4n) is 2.59. The first kappa shape index (κ1) is 20.9. The predicted molar refractivity (Wildman–Crippen MR) is 102 cm³/mol. The second-order valence-electron chi connectivity index (χ2n) is 6.32. The van der Waals surface area contributed by atoms with Crippen molar-refractivity contribution < 1.29 is 24.0 Å². The van der Waals surface area contributed by atoms with Crippen LogP contribution in [-0.2, 0) is 16.1 Å². The molecule has 0 atom stereocenters. The van der Waals surface area contributed by atoms with Crippen molar-refractivity contribution in [2.24, 2.45) is 0 Å². The van der Waals surface area contributed by atoms with Crippen molar-refractivity contribution >= 4 is 17.6 Å². The van der Waals surface area contributed by atoms with E-state index < -0.39 is 16.6 Å². The molecule has 8 heteroatoms. The molecular weight excluding hydrogens is 364 g/mol. The Hall–Kier alpha value is -3.42. The van der Waals surface area contributed by atoms with Crippen molar-refractivity contribution in [1.29, 1.82) is 0 Å². The van der Waals surface area contributed by atoms with Gasteiger partial charge in [0.2, 0.25) is 0 Å². The van der Waals surface area contributed by atoms with E-state index in [4.69, 9.17) is 4.74 Å².